The number of carboxylic acids is 1. The number of halogens is 6. The van der Waals surface area contributed by atoms with Gasteiger partial charge in [0.25, 0.3) is 0 Å². The van der Waals surface area contributed by atoms with Crippen LogP contribution in [0, 0.1) is 5.92 Å². The number of nitrogens with zero attached hydrogens (tertiary/aromatic N) is 2. The van der Waals surface area contributed by atoms with Crippen molar-refractivity contribution in [3.63, 3.8) is 0 Å². The number of aromatic nitrogens is 1. The van der Waals surface area contributed by atoms with E-state index in [2.05, 4.69) is 4.98 Å². The molecule has 0 bridgehead atoms. The molecular formula is C26H28F6N2O5S. The van der Waals surface area contributed by atoms with E-state index in [4.69, 9.17) is 4.74 Å². The predicted molar refractivity (Wildman–Crippen MR) is 132 cm³/mol. The summed E-state index contributed by atoms with van der Waals surface area (Å²) in [5.41, 5.74) is -4.86. The number of carbonyl (C=O) groups is 1. The first-order valence-electron chi connectivity index (χ1n) is 12.7. The van der Waals surface area contributed by atoms with Crippen molar-refractivity contribution < 1.29 is 49.4 Å². The number of rotatable bonds is 8. The van der Waals surface area contributed by atoms with E-state index in [0.717, 1.165) is 12.8 Å². The van der Waals surface area contributed by atoms with Gasteiger partial charge in [-0.15, -0.1) is 0 Å². The van der Waals surface area contributed by atoms with Gasteiger partial charge in [-0.25, -0.2) is 31.4 Å². The third kappa shape index (κ3) is 6.31. The van der Waals surface area contributed by atoms with Gasteiger partial charge in [0, 0.05) is 42.8 Å². The molecule has 0 radical (unpaired) electrons. The molecule has 1 aliphatic heterocycles. The number of anilines is 1. The van der Waals surface area contributed by atoms with Gasteiger partial charge >= 0.3 is 12.1 Å². The Morgan fingerprint density at radius 1 is 1.18 bits per heavy atom. The molecular weight excluding hydrogens is 566 g/mol. The van der Waals surface area contributed by atoms with E-state index < -0.39 is 86.7 Å². The standard InChI is InChI=1S/C26H28F6N2O5S/c1-25(28,29)9-8-15-13-34(17-6-2-3-7-17)19-11-18(26(30,31)32)20(12-21(19)40(37,38)23(15)27)39-14-16-5-4-10-33-22(16)24(35)36/h4-5,10-12,15,17,23H,2-3,6-9,13-14H2,1H3,(H,35,36)/t15-,23+/m1/s1. The average Bonchev–Trinajstić information content (AvgIpc) is 3.38. The number of ether oxygens (including phenoxy) is 1. The Kier molecular flexibility index (Phi) is 8.30. The van der Waals surface area contributed by atoms with Crippen molar-refractivity contribution in [1.29, 1.82) is 0 Å². The van der Waals surface area contributed by atoms with Gasteiger partial charge in [-0.05, 0) is 38.3 Å². The summed E-state index contributed by atoms with van der Waals surface area (Å²) in [5.74, 6) is -6.98. The van der Waals surface area contributed by atoms with Gasteiger partial charge in [0.1, 0.15) is 12.4 Å². The molecule has 1 fully saturated rings. The van der Waals surface area contributed by atoms with Gasteiger partial charge in [0.15, 0.2) is 5.69 Å². The van der Waals surface area contributed by atoms with Crippen LogP contribution >= 0.6 is 0 Å². The van der Waals surface area contributed by atoms with Gasteiger partial charge in [-0.1, -0.05) is 18.9 Å². The molecule has 7 nitrogen and oxygen atoms in total. The van der Waals surface area contributed by atoms with Crippen molar-refractivity contribution in [3.05, 3.63) is 47.3 Å². The number of hydrogen-bond donors (Lipinski definition) is 1. The molecule has 2 atom stereocenters. The second-order valence-corrected chi connectivity index (χ2v) is 12.3. The van der Waals surface area contributed by atoms with Crippen molar-refractivity contribution >= 4 is 21.5 Å². The van der Waals surface area contributed by atoms with Crippen LogP contribution in [-0.2, 0) is 22.6 Å². The fraction of sp³-hybridized carbons (Fsp3) is 0.538. The summed E-state index contributed by atoms with van der Waals surface area (Å²) in [6, 6.07) is 3.44. The summed E-state index contributed by atoms with van der Waals surface area (Å²) in [6.45, 7) is -0.410. The van der Waals surface area contributed by atoms with Crippen LogP contribution in [0.3, 0.4) is 0 Å². The molecule has 220 valence electrons. The lowest BCUT2D eigenvalue weighted by Gasteiger charge is -2.34. The van der Waals surface area contributed by atoms with E-state index in [1.807, 2.05) is 0 Å². The maximum atomic E-state index is 15.7. The van der Waals surface area contributed by atoms with Crippen molar-refractivity contribution in [2.75, 3.05) is 11.4 Å². The summed E-state index contributed by atoms with van der Waals surface area (Å²) in [6.07, 6.45) is -2.64. The van der Waals surface area contributed by atoms with Crippen molar-refractivity contribution in [2.24, 2.45) is 5.92 Å². The van der Waals surface area contributed by atoms with Crippen molar-refractivity contribution in [1.82, 2.24) is 4.98 Å². The van der Waals surface area contributed by atoms with Crippen LogP contribution in [0.25, 0.3) is 0 Å². The Labute approximate surface area is 227 Å². The summed E-state index contributed by atoms with van der Waals surface area (Å²) < 4.78 is 118. The Balaban J connectivity index is 1.83. The Hall–Kier alpha value is -3.03. The lowest BCUT2D eigenvalue weighted by atomic mass is 9.99. The summed E-state index contributed by atoms with van der Waals surface area (Å²) in [4.78, 5) is 15.8. The number of aromatic carboxylic acids is 1. The van der Waals surface area contributed by atoms with Gasteiger partial charge in [-0.2, -0.15) is 13.2 Å². The van der Waals surface area contributed by atoms with Crippen LogP contribution in [-0.4, -0.2) is 48.5 Å². The van der Waals surface area contributed by atoms with E-state index in [0.29, 0.717) is 31.9 Å². The van der Waals surface area contributed by atoms with Gasteiger partial charge < -0.3 is 14.7 Å². The maximum absolute atomic E-state index is 15.7. The molecule has 4 rings (SSSR count). The monoisotopic (exact) mass is 594 g/mol. The highest BCUT2D eigenvalue weighted by Crippen LogP contribution is 2.47. The third-order valence-electron chi connectivity index (χ3n) is 7.28. The molecule has 1 N–H and O–H groups in total. The second-order valence-electron chi connectivity index (χ2n) is 10.3. The van der Waals surface area contributed by atoms with E-state index in [9.17, 15) is 40.3 Å². The van der Waals surface area contributed by atoms with Gasteiger partial charge in [0.05, 0.1) is 16.1 Å². The molecule has 0 spiro atoms. The van der Waals surface area contributed by atoms with Crippen LogP contribution in [0.4, 0.5) is 32.0 Å². The minimum Gasteiger partial charge on any atom is -0.488 e. The number of alkyl halides is 6. The SMILES string of the molecule is CC(F)(F)CC[C@@H]1CN(C2CCCC2)c2cc(C(F)(F)F)c(OCc3cccnc3C(=O)O)cc2S(=O)(=O)[C@@H]1F. The predicted octanol–water partition coefficient (Wildman–Crippen LogP) is 6.26. The van der Waals surface area contributed by atoms with Crippen LogP contribution in [0.5, 0.6) is 5.75 Å². The van der Waals surface area contributed by atoms with Gasteiger partial charge in [-0.3, -0.25) is 0 Å². The number of fused-ring (bicyclic) bond motifs is 1. The molecule has 2 heterocycles. The molecule has 40 heavy (non-hydrogen) atoms. The molecule has 1 aromatic carbocycles. The molecule has 2 aliphatic rings. The van der Waals surface area contributed by atoms with E-state index in [1.165, 1.54) is 23.2 Å². The van der Waals surface area contributed by atoms with Crippen LogP contribution < -0.4 is 9.64 Å². The first-order valence-corrected chi connectivity index (χ1v) is 14.2. The normalized spacial score (nSPS) is 21.6. The van der Waals surface area contributed by atoms with Gasteiger partial charge in [0.2, 0.25) is 21.3 Å². The molecule has 0 saturated heterocycles. The van der Waals surface area contributed by atoms with Crippen LogP contribution in [0.2, 0.25) is 0 Å². The average molecular weight is 595 g/mol. The van der Waals surface area contributed by atoms with Crippen molar-refractivity contribution in [2.45, 2.75) is 80.6 Å². The summed E-state index contributed by atoms with van der Waals surface area (Å²) in [5, 5.41) is 9.31. The molecule has 1 aliphatic carbocycles. The first kappa shape index (κ1) is 29.9. The van der Waals surface area contributed by atoms with Crippen LogP contribution in [0.1, 0.15) is 67.1 Å². The Bertz CT molecular complexity index is 1360. The molecule has 0 amide bonds. The van der Waals surface area contributed by atoms with E-state index in [1.54, 1.807) is 0 Å². The molecule has 14 heteroatoms. The Morgan fingerprint density at radius 2 is 1.85 bits per heavy atom. The van der Waals surface area contributed by atoms with E-state index in [-0.39, 0.29) is 17.8 Å². The summed E-state index contributed by atoms with van der Waals surface area (Å²) >= 11 is 0. The van der Waals surface area contributed by atoms with Crippen molar-refractivity contribution in [3.8, 4) is 5.75 Å². The lowest BCUT2D eigenvalue weighted by Crippen LogP contribution is -2.39. The zero-order valence-corrected chi connectivity index (χ0v) is 22.2. The first-order chi connectivity index (χ1) is 18.6. The molecule has 1 saturated carbocycles. The zero-order chi connectivity index (χ0) is 29.5. The number of sulfone groups is 1. The van der Waals surface area contributed by atoms with Crippen LogP contribution in [0.15, 0.2) is 35.4 Å². The highest BCUT2D eigenvalue weighted by molar-refractivity contribution is 7.92. The molecule has 0 unspecified atom stereocenters. The minimum atomic E-state index is -5.02. The smallest absolute Gasteiger partial charge is 0.420 e. The quantitative estimate of drug-likeness (QED) is 0.361. The number of pyridine rings is 1. The number of carboxylic acid groups (broad SMARTS) is 1. The topological polar surface area (TPSA) is 96.8 Å². The minimum absolute atomic E-state index is 0.0718. The molecule has 2 aromatic rings. The molecule has 1 aromatic heterocycles. The zero-order valence-electron chi connectivity index (χ0n) is 21.4. The Morgan fingerprint density at radius 3 is 2.45 bits per heavy atom. The fourth-order valence-electron chi connectivity index (χ4n) is 5.28. The highest BCUT2D eigenvalue weighted by atomic mass is 32.2. The number of benzene rings is 1. The maximum Gasteiger partial charge on any atom is 0.420 e. The lowest BCUT2D eigenvalue weighted by molar-refractivity contribution is -0.139. The largest absolute Gasteiger partial charge is 0.488 e. The highest BCUT2D eigenvalue weighted by Gasteiger charge is 2.46. The third-order valence-corrected chi connectivity index (χ3v) is 9.20. The fourth-order valence-corrected chi connectivity index (χ4v) is 6.99. The summed E-state index contributed by atoms with van der Waals surface area (Å²) in [7, 11) is -4.93. The second kappa shape index (κ2) is 11.1. The number of hydrogen-bond acceptors (Lipinski definition) is 6. The van der Waals surface area contributed by atoms with E-state index >= 15 is 4.39 Å².